The molecule has 1 aliphatic heterocycles. The lowest BCUT2D eigenvalue weighted by Crippen LogP contribution is -2.48. The summed E-state index contributed by atoms with van der Waals surface area (Å²) in [6.07, 6.45) is 0.265. The number of hydrogen-bond donors (Lipinski definition) is 2. The first-order valence-corrected chi connectivity index (χ1v) is 4.63. The van der Waals surface area contributed by atoms with E-state index in [1.54, 1.807) is 6.92 Å². The van der Waals surface area contributed by atoms with Crippen molar-refractivity contribution in [1.29, 1.82) is 0 Å². The number of nitrogens with one attached hydrogen (secondary N) is 2. The Balaban J connectivity index is 1.97. The predicted molar refractivity (Wildman–Crippen MR) is 51.0 cm³/mol. The Kier molecular flexibility index (Phi) is 2.60. The van der Waals surface area contributed by atoms with Crippen molar-refractivity contribution < 1.29 is 4.74 Å². The highest BCUT2D eigenvalue weighted by Crippen LogP contribution is 2.01. The molecule has 0 aromatic carbocycles. The third kappa shape index (κ3) is 2.18. The number of H-pyrrole nitrogens is 1. The van der Waals surface area contributed by atoms with Gasteiger partial charge in [0.15, 0.2) is 0 Å². The number of aromatic amines is 1. The summed E-state index contributed by atoms with van der Waals surface area (Å²) in [5.74, 6) is 0.599. The quantitative estimate of drug-likeness (QED) is 0.686. The minimum absolute atomic E-state index is 0.122. The molecule has 0 bridgehead atoms. The molecule has 1 aromatic rings. The van der Waals surface area contributed by atoms with Gasteiger partial charge in [0.05, 0.1) is 6.10 Å². The largest absolute Gasteiger partial charge is 0.368 e. The van der Waals surface area contributed by atoms with Crippen LogP contribution in [-0.4, -0.2) is 29.2 Å². The van der Waals surface area contributed by atoms with Crippen LogP contribution in [0.2, 0.25) is 0 Å². The van der Waals surface area contributed by atoms with E-state index in [2.05, 4.69) is 15.3 Å². The number of rotatable bonds is 3. The van der Waals surface area contributed by atoms with Gasteiger partial charge < -0.3 is 15.0 Å². The maximum atomic E-state index is 11.1. The Labute approximate surface area is 81.5 Å². The van der Waals surface area contributed by atoms with Crippen LogP contribution in [0.4, 0.5) is 0 Å². The number of nitrogens with zero attached hydrogens (tertiary/aromatic N) is 1. The lowest BCUT2D eigenvalue weighted by atomic mass is 10.2. The van der Waals surface area contributed by atoms with E-state index in [9.17, 15) is 4.79 Å². The Hall–Kier alpha value is -1.20. The lowest BCUT2D eigenvalue weighted by molar-refractivity contribution is 0.00425. The van der Waals surface area contributed by atoms with Crippen LogP contribution in [0.5, 0.6) is 0 Å². The molecule has 0 amide bonds. The molecule has 5 heteroatoms. The Morgan fingerprint density at radius 1 is 1.64 bits per heavy atom. The highest BCUT2D eigenvalue weighted by atomic mass is 16.5. The molecule has 76 valence electrons. The summed E-state index contributed by atoms with van der Waals surface area (Å²) in [5.41, 5.74) is 0.599. The molecule has 1 fully saturated rings. The van der Waals surface area contributed by atoms with Crippen LogP contribution >= 0.6 is 0 Å². The van der Waals surface area contributed by atoms with Crippen molar-refractivity contribution in [3.8, 4) is 0 Å². The summed E-state index contributed by atoms with van der Waals surface area (Å²) in [7, 11) is 0. The minimum atomic E-state index is -0.122. The van der Waals surface area contributed by atoms with E-state index in [4.69, 9.17) is 4.74 Å². The molecule has 0 atom stereocenters. The molecule has 5 nitrogen and oxygen atoms in total. The van der Waals surface area contributed by atoms with Gasteiger partial charge in [0.1, 0.15) is 12.4 Å². The molecule has 1 saturated heterocycles. The van der Waals surface area contributed by atoms with Gasteiger partial charge in [0.2, 0.25) is 0 Å². The average Bonchev–Trinajstić information content (AvgIpc) is 1.99. The van der Waals surface area contributed by atoms with Crippen molar-refractivity contribution >= 4 is 0 Å². The fourth-order valence-corrected chi connectivity index (χ4v) is 1.29. The smallest absolute Gasteiger partial charge is 0.251 e. The predicted octanol–water partition coefficient (Wildman–Crippen LogP) is -0.433. The highest BCUT2D eigenvalue weighted by molar-refractivity contribution is 4.99. The van der Waals surface area contributed by atoms with Crippen LogP contribution in [0.1, 0.15) is 11.5 Å². The number of ether oxygens (including phenoxy) is 1. The summed E-state index contributed by atoms with van der Waals surface area (Å²) in [6, 6.07) is 1.47. The van der Waals surface area contributed by atoms with Gasteiger partial charge in [-0.15, -0.1) is 0 Å². The van der Waals surface area contributed by atoms with Crippen molar-refractivity contribution in [2.45, 2.75) is 19.6 Å². The second kappa shape index (κ2) is 3.89. The summed E-state index contributed by atoms with van der Waals surface area (Å²) >= 11 is 0. The van der Waals surface area contributed by atoms with Gasteiger partial charge in [0, 0.05) is 24.8 Å². The maximum Gasteiger partial charge on any atom is 0.251 e. The van der Waals surface area contributed by atoms with E-state index >= 15 is 0 Å². The zero-order valence-corrected chi connectivity index (χ0v) is 8.04. The molecule has 0 saturated carbocycles. The molecular weight excluding hydrogens is 182 g/mol. The normalized spacial score (nSPS) is 16.6. The summed E-state index contributed by atoms with van der Waals surface area (Å²) in [5, 5.41) is 3.10. The van der Waals surface area contributed by atoms with Crippen LogP contribution < -0.4 is 10.9 Å². The summed E-state index contributed by atoms with van der Waals surface area (Å²) in [6.45, 7) is 3.94. The van der Waals surface area contributed by atoms with Gasteiger partial charge in [-0.3, -0.25) is 4.79 Å². The van der Waals surface area contributed by atoms with Gasteiger partial charge in [-0.2, -0.15) is 0 Å². The van der Waals surface area contributed by atoms with Gasteiger partial charge in [0.25, 0.3) is 5.56 Å². The van der Waals surface area contributed by atoms with E-state index in [-0.39, 0.29) is 11.7 Å². The summed E-state index contributed by atoms with van der Waals surface area (Å²) in [4.78, 5) is 17.9. The number of aryl methyl sites for hydroxylation is 1. The fourth-order valence-electron chi connectivity index (χ4n) is 1.29. The Bertz CT molecular complexity index is 371. The average molecular weight is 195 g/mol. The molecule has 1 aliphatic rings. The number of hydrogen-bond acceptors (Lipinski definition) is 4. The maximum absolute atomic E-state index is 11.1. The molecular formula is C9H13N3O2. The molecule has 14 heavy (non-hydrogen) atoms. The van der Waals surface area contributed by atoms with Crippen LogP contribution in [0, 0.1) is 6.92 Å². The van der Waals surface area contributed by atoms with E-state index in [1.165, 1.54) is 6.07 Å². The van der Waals surface area contributed by atoms with Crippen molar-refractivity contribution in [2.75, 3.05) is 13.1 Å². The van der Waals surface area contributed by atoms with Gasteiger partial charge in [-0.25, -0.2) is 4.98 Å². The zero-order valence-electron chi connectivity index (χ0n) is 8.04. The van der Waals surface area contributed by atoms with E-state index < -0.39 is 0 Å². The highest BCUT2D eigenvalue weighted by Gasteiger charge is 2.17. The van der Waals surface area contributed by atoms with Crippen molar-refractivity contribution in [3.05, 3.63) is 27.9 Å². The Morgan fingerprint density at radius 3 is 3.00 bits per heavy atom. The van der Waals surface area contributed by atoms with E-state index in [1.807, 2.05) is 0 Å². The fraction of sp³-hybridized carbons (Fsp3) is 0.556. The first kappa shape index (κ1) is 9.36. The van der Waals surface area contributed by atoms with Crippen molar-refractivity contribution in [3.63, 3.8) is 0 Å². The Morgan fingerprint density at radius 2 is 2.43 bits per heavy atom. The van der Waals surface area contributed by atoms with Crippen LogP contribution in [-0.2, 0) is 11.3 Å². The third-order valence-corrected chi connectivity index (χ3v) is 2.12. The molecule has 2 rings (SSSR count). The third-order valence-electron chi connectivity index (χ3n) is 2.12. The van der Waals surface area contributed by atoms with Crippen LogP contribution in [0.3, 0.4) is 0 Å². The van der Waals surface area contributed by atoms with E-state index in [0.717, 1.165) is 18.8 Å². The standard InChI is InChI=1S/C9H13N3O2/c1-6-2-9(13)12-8(11-6)5-14-7-3-10-4-7/h2,7,10H,3-5H2,1H3,(H,11,12,13). The molecule has 2 N–H and O–H groups in total. The molecule has 0 spiro atoms. The molecule has 0 radical (unpaired) electrons. The monoisotopic (exact) mass is 195 g/mol. The van der Waals surface area contributed by atoms with Gasteiger partial charge in [-0.05, 0) is 6.92 Å². The SMILES string of the molecule is Cc1cc(=O)[nH]c(COC2CNC2)n1. The second-order valence-electron chi connectivity index (χ2n) is 3.42. The lowest BCUT2D eigenvalue weighted by Gasteiger charge is -2.26. The van der Waals surface area contributed by atoms with Crippen LogP contribution in [0.25, 0.3) is 0 Å². The van der Waals surface area contributed by atoms with Gasteiger partial charge in [-0.1, -0.05) is 0 Å². The minimum Gasteiger partial charge on any atom is -0.368 e. The molecule has 0 aliphatic carbocycles. The second-order valence-corrected chi connectivity index (χ2v) is 3.42. The molecule has 1 aromatic heterocycles. The van der Waals surface area contributed by atoms with Crippen LogP contribution in [0.15, 0.2) is 10.9 Å². The molecule has 2 heterocycles. The van der Waals surface area contributed by atoms with E-state index in [0.29, 0.717) is 12.4 Å². The summed E-state index contributed by atoms with van der Waals surface area (Å²) < 4.78 is 5.48. The molecule has 0 unspecified atom stereocenters. The van der Waals surface area contributed by atoms with Crippen molar-refractivity contribution in [2.24, 2.45) is 0 Å². The number of aromatic nitrogens is 2. The van der Waals surface area contributed by atoms with Gasteiger partial charge >= 0.3 is 0 Å². The van der Waals surface area contributed by atoms with Crippen molar-refractivity contribution in [1.82, 2.24) is 15.3 Å². The first-order chi connectivity index (χ1) is 6.74. The zero-order chi connectivity index (χ0) is 9.97. The topological polar surface area (TPSA) is 67.0 Å². The first-order valence-electron chi connectivity index (χ1n) is 4.63.